The van der Waals surface area contributed by atoms with Crippen LogP contribution in [0.4, 0.5) is 0 Å². The molecule has 0 amide bonds. The number of hydrogen-bond donors (Lipinski definition) is 3. The van der Waals surface area contributed by atoms with Crippen LogP contribution in [0.2, 0.25) is 0 Å². The highest BCUT2D eigenvalue weighted by atomic mass is 31.3. The number of carbonyl (C=O) groups is 2. The maximum absolute atomic E-state index is 12.1. The third-order valence-corrected chi connectivity index (χ3v) is 6.67. The van der Waals surface area contributed by atoms with Crippen molar-refractivity contribution in [3.63, 3.8) is 0 Å². The molecule has 2 unspecified atom stereocenters. The number of Topliss-reactive ketones (excluding diaryl/α,β-unsaturated/α-hetero) is 2. The average Bonchev–Trinajstić information content (AvgIpc) is 2.33. The van der Waals surface area contributed by atoms with Crippen molar-refractivity contribution in [1.29, 1.82) is 0 Å². The van der Waals surface area contributed by atoms with Gasteiger partial charge in [0.25, 0.3) is 0 Å². The van der Waals surface area contributed by atoms with Crippen LogP contribution in [-0.2, 0) is 23.0 Å². The second kappa shape index (κ2) is 8.48. The van der Waals surface area contributed by atoms with Crippen molar-refractivity contribution in [2.45, 2.75) is 63.4 Å². The molecule has 1 aliphatic carbocycles. The molecule has 0 saturated heterocycles. The summed E-state index contributed by atoms with van der Waals surface area (Å²) >= 11 is 0. The lowest BCUT2D eigenvalue weighted by Crippen LogP contribution is -2.22. The van der Waals surface area contributed by atoms with Crippen molar-refractivity contribution in [3.05, 3.63) is 0 Å². The molecule has 2 atom stereocenters. The Morgan fingerprint density at radius 1 is 0.864 bits per heavy atom. The molecule has 0 bridgehead atoms. The van der Waals surface area contributed by atoms with Crippen molar-refractivity contribution in [2.75, 3.05) is 0 Å². The fourth-order valence-electron chi connectivity index (χ4n) is 2.47. The Labute approximate surface area is 129 Å². The molecule has 0 aromatic carbocycles. The van der Waals surface area contributed by atoms with E-state index in [-0.39, 0.29) is 31.5 Å². The molecule has 1 rings (SSSR count). The van der Waals surface area contributed by atoms with E-state index in [2.05, 4.69) is 4.31 Å². The summed E-state index contributed by atoms with van der Waals surface area (Å²) in [5.74, 6) is -0.525. The zero-order valence-electron chi connectivity index (χ0n) is 12.2. The predicted molar refractivity (Wildman–Crippen MR) is 78.3 cm³/mol. The Morgan fingerprint density at radius 3 is 2.00 bits per heavy atom. The first-order valence-corrected chi connectivity index (χ1v) is 10.4. The van der Waals surface area contributed by atoms with Crippen LogP contribution in [0.25, 0.3) is 0 Å². The maximum Gasteiger partial charge on any atom is 0.476 e. The fraction of sp³-hybridized carbons (Fsp3) is 0.833. The molecule has 0 aliphatic heterocycles. The van der Waals surface area contributed by atoms with Crippen LogP contribution < -0.4 is 0 Å². The Balaban J connectivity index is 2.85. The molecule has 8 nitrogen and oxygen atoms in total. The summed E-state index contributed by atoms with van der Waals surface area (Å²) in [7, 11) is -9.98. The van der Waals surface area contributed by atoms with E-state index in [0.29, 0.717) is 12.8 Å². The number of ketones is 2. The number of carbonyl (C=O) groups excluding carboxylic acids is 2. The molecule has 1 aliphatic rings. The molecule has 0 spiro atoms. The minimum atomic E-state index is -5.18. The second-order valence-electron chi connectivity index (χ2n) is 5.46. The van der Waals surface area contributed by atoms with Gasteiger partial charge in [0, 0.05) is 19.3 Å². The molecular weight excluding hydrogens is 334 g/mol. The third kappa shape index (κ3) is 7.27. The minimum Gasteiger partial charge on any atom is -0.323 e. The molecule has 0 aromatic heterocycles. The summed E-state index contributed by atoms with van der Waals surface area (Å²) in [6.07, 6.45) is 3.63. The molecular formula is C12H22O8P2. The van der Waals surface area contributed by atoms with E-state index in [4.69, 9.17) is 9.79 Å². The summed E-state index contributed by atoms with van der Waals surface area (Å²) in [4.78, 5) is 50.9. The van der Waals surface area contributed by atoms with E-state index < -0.39 is 26.9 Å². The van der Waals surface area contributed by atoms with Crippen LogP contribution in [0.3, 0.4) is 0 Å². The van der Waals surface area contributed by atoms with E-state index in [1.807, 2.05) is 0 Å². The standard InChI is InChI=1S/C12H22O8P2/c13-10-6-3-1-2-4-8-11(14)12(9-5-7-10)21(15,16)20-22(17,18)19/h12H,1-9H2,(H,15,16)(H2,17,18,19). The summed E-state index contributed by atoms with van der Waals surface area (Å²) in [6.45, 7) is 0. The van der Waals surface area contributed by atoms with Crippen LogP contribution in [0, 0.1) is 0 Å². The molecule has 0 aromatic rings. The van der Waals surface area contributed by atoms with Crippen LogP contribution in [-0.4, -0.2) is 31.9 Å². The average molecular weight is 356 g/mol. The smallest absolute Gasteiger partial charge is 0.323 e. The second-order valence-corrected chi connectivity index (χ2v) is 8.85. The molecule has 10 heteroatoms. The predicted octanol–water partition coefficient (Wildman–Crippen LogP) is 2.31. The van der Waals surface area contributed by atoms with Gasteiger partial charge >= 0.3 is 15.4 Å². The summed E-state index contributed by atoms with van der Waals surface area (Å²) < 4.78 is 26.8. The molecule has 128 valence electrons. The number of hydrogen-bond acceptors (Lipinski definition) is 5. The van der Waals surface area contributed by atoms with Gasteiger partial charge in [0.1, 0.15) is 17.2 Å². The van der Waals surface area contributed by atoms with E-state index in [9.17, 15) is 23.6 Å². The lowest BCUT2D eigenvalue weighted by atomic mass is 9.99. The monoisotopic (exact) mass is 356 g/mol. The molecule has 3 N–H and O–H groups in total. The van der Waals surface area contributed by atoms with Crippen LogP contribution in [0.5, 0.6) is 0 Å². The van der Waals surface area contributed by atoms with E-state index in [0.717, 1.165) is 19.3 Å². The Hall–Kier alpha value is -0.360. The third-order valence-electron chi connectivity index (χ3n) is 3.55. The van der Waals surface area contributed by atoms with Gasteiger partial charge in [-0.1, -0.05) is 12.8 Å². The van der Waals surface area contributed by atoms with Gasteiger partial charge in [0.05, 0.1) is 0 Å². The van der Waals surface area contributed by atoms with Crippen molar-refractivity contribution < 1.29 is 37.7 Å². The van der Waals surface area contributed by atoms with Crippen LogP contribution in [0.15, 0.2) is 0 Å². The highest BCUT2D eigenvalue weighted by Gasteiger charge is 2.42. The SMILES string of the molecule is O=C1CCCCCCC(=O)C(P(=O)(O)OP(=O)(O)O)CCC1. The zero-order valence-corrected chi connectivity index (χ0v) is 14.0. The normalized spacial score (nSPS) is 25.9. The summed E-state index contributed by atoms with van der Waals surface area (Å²) in [5.41, 5.74) is -1.49. The van der Waals surface area contributed by atoms with Crippen molar-refractivity contribution in [1.82, 2.24) is 0 Å². The zero-order chi connectivity index (χ0) is 16.8. The highest BCUT2D eigenvalue weighted by Crippen LogP contribution is 2.61. The van der Waals surface area contributed by atoms with Crippen LogP contribution in [0.1, 0.15) is 57.8 Å². The largest absolute Gasteiger partial charge is 0.476 e. The molecule has 22 heavy (non-hydrogen) atoms. The van der Waals surface area contributed by atoms with Crippen molar-refractivity contribution >= 4 is 27.0 Å². The molecule has 1 saturated carbocycles. The van der Waals surface area contributed by atoms with Gasteiger partial charge < -0.3 is 14.7 Å². The Kier molecular flexibility index (Phi) is 7.59. The van der Waals surface area contributed by atoms with Crippen molar-refractivity contribution in [2.24, 2.45) is 0 Å². The summed E-state index contributed by atoms with van der Waals surface area (Å²) in [5, 5.41) is 0. The topological polar surface area (TPSA) is 138 Å². The summed E-state index contributed by atoms with van der Waals surface area (Å²) in [6, 6.07) is 0. The fourth-order valence-corrected chi connectivity index (χ4v) is 5.15. The van der Waals surface area contributed by atoms with Gasteiger partial charge in [-0.2, -0.15) is 0 Å². The van der Waals surface area contributed by atoms with Crippen molar-refractivity contribution in [3.8, 4) is 0 Å². The van der Waals surface area contributed by atoms with Gasteiger partial charge in [0.2, 0.25) is 0 Å². The highest BCUT2D eigenvalue weighted by molar-refractivity contribution is 7.64. The number of rotatable bonds is 3. The number of phosphoric acid groups is 1. The van der Waals surface area contributed by atoms with E-state index in [1.165, 1.54) is 0 Å². The van der Waals surface area contributed by atoms with Gasteiger partial charge in [-0.25, -0.2) is 8.88 Å². The minimum absolute atomic E-state index is 0.0236. The molecule has 1 fully saturated rings. The molecule has 0 radical (unpaired) electrons. The lowest BCUT2D eigenvalue weighted by molar-refractivity contribution is -0.121. The first kappa shape index (κ1) is 19.7. The lowest BCUT2D eigenvalue weighted by Gasteiger charge is -2.22. The first-order chi connectivity index (χ1) is 10.1. The molecule has 0 heterocycles. The Morgan fingerprint density at radius 2 is 1.41 bits per heavy atom. The van der Waals surface area contributed by atoms with Gasteiger partial charge in [0.15, 0.2) is 0 Å². The van der Waals surface area contributed by atoms with Gasteiger partial charge in [-0.05, 0) is 25.7 Å². The Bertz CT molecular complexity index is 497. The first-order valence-electron chi connectivity index (χ1n) is 7.25. The maximum atomic E-state index is 12.1. The van der Waals surface area contributed by atoms with Gasteiger partial charge in [-0.3, -0.25) is 14.2 Å². The van der Waals surface area contributed by atoms with Gasteiger partial charge in [-0.15, -0.1) is 0 Å². The van der Waals surface area contributed by atoms with E-state index in [1.54, 1.807) is 0 Å². The van der Waals surface area contributed by atoms with E-state index >= 15 is 0 Å². The quantitative estimate of drug-likeness (QED) is 0.655. The van der Waals surface area contributed by atoms with Crippen LogP contribution >= 0.6 is 15.4 Å².